The highest BCUT2D eigenvalue weighted by molar-refractivity contribution is 5.95. The maximum Gasteiger partial charge on any atom is 0.271 e. The van der Waals surface area contributed by atoms with E-state index < -0.39 is 5.82 Å². The zero-order chi connectivity index (χ0) is 13.4. The summed E-state index contributed by atoms with van der Waals surface area (Å²) in [5, 5.41) is 4.10. The van der Waals surface area contributed by atoms with Gasteiger partial charge in [0.25, 0.3) is 5.91 Å². The smallest absolute Gasteiger partial charge is 0.267 e. The van der Waals surface area contributed by atoms with Crippen molar-refractivity contribution in [2.45, 2.75) is 39.5 Å². The van der Waals surface area contributed by atoms with Gasteiger partial charge < -0.3 is 0 Å². The number of rotatable bonds is 6. The number of benzene rings is 1. The number of carbonyl (C=O) groups is 1. The van der Waals surface area contributed by atoms with Gasteiger partial charge in [0, 0.05) is 11.3 Å². The first-order valence-corrected chi connectivity index (χ1v) is 6.28. The second-order valence-electron chi connectivity index (χ2n) is 4.13. The topological polar surface area (TPSA) is 41.5 Å². The predicted molar refractivity (Wildman–Crippen MR) is 71.1 cm³/mol. The summed E-state index contributed by atoms with van der Waals surface area (Å²) in [6, 6.07) is 5.57. The molecule has 0 aromatic heterocycles. The van der Waals surface area contributed by atoms with E-state index in [0.717, 1.165) is 31.4 Å². The Morgan fingerprint density at radius 2 is 1.94 bits per heavy atom. The Bertz CT molecular complexity index is 422. The number of nitrogens with zero attached hydrogens (tertiary/aromatic N) is 1. The van der Waals surface area contributed by atoms with Gasteiger partial charge in [-0.05, 0) is 31.0 Å². The molecule has 18 heavy (non-hydrogen) atoms. The molecule has 0 saturated heterocycles. The minimum atomic E-state index is -0.422. The molecule has 0 fully saturated rings. The van der Waals surface area contributed by atoms with Gasteiger partial charge in [-0.2, -0.15) is 5.10 Å². The lowest BCUT2D eigenvalue weighted by atomic mass is 10.1. The van der Waals surface area contributed by atoms with Crippen molar-refractivity contribution in [2.24, 2.45) is 5.10 Å². The van der Waals surface area contributed by atoms with Gasteiger partial charge in [-0.15, -0.1) is 0 Å². The molecule has 1 N–H and O–H groups in total. The van der Waals surface area contributed by atoms with Gasteiger partial charge >= 0.3 is 0 Å². The number of nitrogens with one attached hydrogen (secondary N) is 1. The molecule has 0 aliphatic heterocycles. The molecule has 0 aliphatic carbocycles. The molecule has 0 saturated carbocycles. The summed E-state index contributed by atoms with van der Waals surface area (Å²) in [4.78, 5) is 11.7. The third-order valence-electron chi connectivity index (χ3n) is 2.48. The molecule has 4 heteroatoms. The van der Waals surface area contributed by atoms with Crippen LogP contribution in [0.4, 0.5) is 4.39 Å². The normalized spacial score (nSPS) is 9.94. The third kappa shape index (κ3) is 4.65. The lowest BCUT2D eigenvalue weighted by Crippen LogP contribution is -2.19. The molecule has 1 rings (SSSR count). The highest BCUT2D eigenvalue weighted by Crippen LogP contribution is 2.04. The first-order chi connectivity index (χ1) is 8.67. The van der Waals surface area contributed by atoms with E-state index in [9.17, 15) is 9.18 Å². The van der Waals surface area contributed by atoms with E-state index in [-0.39, 0.29) is 11.5 Å². The molecule has 1 amide bonds. The molecular weight excluding hydrogens is 231 g/mol. The Morgan fingerprint density at radius 1 is 1.28 bits per heavy atom. The van der Waals surface area contributed by atoms with Crippen LogP contribution in [0.1, 0.15) is 49.9 Å². The Balaban J connectivity index is 2.66. The fourth-order valence-corrected chi connectivity index (χ4v) is 1.64. The van der Waals surface area contributed by atoms with Gasteiger partial charge in [-0.25, -0.2) is 9.82 Å². The highest BCUT2D eigenvalue weighted by atomic mass is 19.1. The second kappa shape index (κ2) is 7.58. The number of hydrogen-bond donors (Lipinski definition) is 1. The van der Waals surface area contributed by atoms with E-state index in [1.807, 2.05) is 0 Å². The lowest BCUT2D eigenvalue weighted by Gasteiger charge is -2.05. The molecule has 0 heterocycles. The summed E-state index contributed by atoms with van der Waals surface area (Å²) in [6.07, 6.45) is 3.73. The van der Waals surface area contributed by atoms with Crippen molar-refractivity contribution >= 4 is 11.6 Å². The first-order valence-electron chi connectivity index (χ1n) is 6.28. The Labute approximate surface area is 107 Å². The van der Waals surface area contributed by atoms with Crippen molar-refractivity contribution in [3.8, 4) is 0 Å². The molecule has 98 valence electrons. The van der Waals surface area contributed by atoms with Crippen LogP contribution in [-0.2, 0) is 0 Å². The van der Waals surface area contributed by atoms with Crippen LogP contribution in [0.3, 0.4) is 0 Å². The zero-order valence-electron chi connectivity index (χ0n) is 10.9. The van der Waals surface area contributed by atoms with Crippen LogP contribution in [0.25, 0.3) is 0 Å². The first kappa shape index (κ1) is 14.4. The largest absolute Gasteiger partial charge is 0.271 e. The van der Waals surface area contributed by atoms with Crippen molar-refractivity contribution in [2.75, 3.05) is 0 Å². The van der Waals surface area contributed by atoms with Crippen LogP contribution in [-0.4, -0.2) is 11.6 Å². The summed E-state index contributed by atoms with van der Waals surface area (Å²) in [7, 11) is 0. The number of amides is 1. The third-order valence-corrected chi connectivity index (χ3v) is 2.48. The summed E-state index contributed by atoms with van der Waals surface area (Å²) in [6.45, 7) is 4.14. The highest BCUT2D eigenvalue weighted by Gasteiger charge is 2.05. The summed E-state index contributed by atoms with van der Waals surface area (Å²) >= 11 is 0. The van der Waals surface area contributed by atoms with Crippen molar-refractivity contribution in [1.29, 1.82) is 0 Å². The quantitative estimate of drug-likeness (QED) is 0.609. The number of carbonyl (C=O) groups excluding carboxylic acids is 1. The van der Waals surface area contributed by atoms with Gasteiger partial charge in [-0.1, -0.05) is 32.8 Å². The van der Waals surface area contributed by atoms with Crippen molar-refractivity contribution in [3.63, 3.8) is 0 Å². The number of hydrogen-bond acceptors (Lipinski definition) is 2. The molecule has 0 atom stereocenters. The standard InChI is InChI=1S/C14H19FN2O/c1-3-6-13(7-4-2)16-17-14(18)11-8-5-9-12(15)10-11/h5,8-10H,3-4,6-7H2,1-2H3,(H,17,18). The van der Waals surface area contributed by atoms with Gasteiger partial charge in [0.2, 0.25) is 0 Å². The van der Waals surface area contributed by atoms with Crippen molar-refractivity contribution in [1.82, 2.24) is 5.43 Å². The average Bonchev–Trinajstić information content (AvgIpc) is 2.36. The van der Waals surface area contributed by atoms with E-state index >= 15 is 0 Å². The Kier molecular flexibility index (Phi) is 6.05. The molecule has 0 radical (unpaired) electrons. The zero-order valence-corrected chi connectivity index (χ0v) is 10.9. The molecule has 1 aromatic carbocycles. The Morgan fingerprint density at radius 3 is 2.50 bits per heavy atom. The number of hydrazone groups is 1. The van der Waals surface area contributed by atoms with Crippen LogP contribution in [0.2, 0.25) is 0 Å². The average molecular weight is 250 g/mol. The van der Waals surface area contributed by atoms with Gasteiger partial charge in [-0.3, -0.25) is 4.79 Å². The van der Waals surface area contributed by atoms with Gasteiger partial charge in [0.05, 0.1) is 0 Å². The summed E-state index contributed by atoms with van der Waals surface area (Å²) in [5.74, 6) is -0.798. The van der Waals surface area contributed by atoms with Crippen molar-refractivity contribution < 1.29 is 9.18 Å². The summed E-state index contributed by atoms with van der Waals surface area (Å²) in [5.41, 5.74) is 3.74. The fraction of sp³-hybridized carbons (Fsp3) is 0.429. The molecule has 0 unspecified atom stereocenters. The van der Waals surface area contributed by atoms with Crippen LogP contribution in [0, 0.1) is 5.82 Å². The van der Waals surface area contributed by atoms with Crippen molar-refractivity contribution in [3.05, 3.63) is 35.6 Å². The predicted octanol–water partition coefficient (Wildman–Crippen LogP) is 3.51. The van der Waals surface area contributed by atoms with Gasteiger partial charge in [0.1, 0.15) is 5.82 Å². The van der Waals surface area contributed by atoms with E-state index in [0.29, 0.717) is 0 Å². The number of halogens is 1. The molecular formula is C14H19FN2O. The fourth-order valence-electron chi connectivity index (χ4n) is 1.64. The van der Waals surface area contributed by atoms with E-state index in [2.05, 4.69) is 24.4 Å². The summed E-state index contributed by atoms with van der Waals surface area (Å²) < 4.78 is 13.0. The SMILES string of the molecule is CCCC(CCC)=NNC(=O)c1cccc(F)c1. The molecule has 0 spiro atoms. The minimum Gasteiger partial charge on any atom is -0.267 e. The minimum absolute atomic E-state index is 0.283. The van der Waals surface area contributed by atoms with E-state index in [4.69, 9.17) is 0 Å². The van der Waals surface area contributed by atoms with E-state index in [1.165, 1.54) is 18.2 Å². The monoisotopic (exact) mass is 250 g/mol. The van der Waals surface area contributed by atoms with Gasteiger partial charge in [0.15, 0.2) is 0 Å². The van der Waals surface area contributed by atoms with Crippen LogP contribution in [0.15, 0.2) is 29.4 Å². The second-order valence-corrected chi connectivity index (χ2v) is 4.13. The van der Waals surface area contributed by atoms with Crippen LogP contribution < -0.4 is 5.43 Å². The lowest BCUT2D eigenvalue weighted by molar-refractivity contribution is 0.0954. The molecule has 1 aromatic rings. The van der Waals surface area contributed by atoms with Crippen LogP contribution >= 0.6 is 0 Å². The van der Waals surface area contributed by atoms with Crippen LogP contribution in [0.5, 0.6) is 0 Å². The van der Waals surface area contributed by atoms with E-state index in [1.54, 1.807) is 6.07 Å². The molecule has 0 aliphatic rings. The molecule has 3 nitrogen and oxygen atoms in total. The maximum absolute atomic E-state index is 13.0. The molecule has 0 bridgehead atoms. The maximum atomic E-state index is 13.0. The Hall–Kier alpha value is -1.71.